The number of aromatic carboxylic acids is 1. The van der Waals surface area contributed by atoms with Crippen LogP contribution in [0.25, 0.3) is 11.3 Å². The van der Waals surface area contributed by atoms with Gasteiger partial charge in [0, 0.05) is 28.2 Å². The van der Waals surface area contributed by atoms with Gasteiger partial charge in [0.05, 0.1) is 0 Å². The average Bonchev–Trinajstić information content (AvgIpc) is 2.61. The summed E-state index contributed by atoms with van der Waals surface area (Å²) in [4.78, 5) is 11.0. The molecule has 2 aromatic rings. The predicted molar refractivity (Wildman–Crippen MR) is 61.6 cm³/mol. The number of carboxylic acids is 1. The molecule has 0 bridgehead atoms. The molecular weight excluding hydrogens is 309 g/mol. The molecule has 1 aromatic carbocycles. The first-order valence-electron chi connectivity index (χ1n) is 4.14. The van der Waals surface area contributed by atoms with Crippen molar-refractivity contribution in [3.63, 3.8) is 0 Å². The fraction of sp³-hybridized carbons (Fsp3) is 0. The molecule has 76 valence electrons. The molecule has 5 heteroatoms. The lowest BCUT2D eigenvalue weighted by molar-refractivity contribution is 0.0695. The number of hydrogen-bond acceptors (Lipinski definition) is 3. The second kappa shape index (κ2) is 4.01. The fourth-order valence-electron chi connectivity index (χ4n) is 1.25. The summed E-state index contributed by atoms with van der Waals surface area (Å²) in [7, 11) is 0. The van der Waals surface area contributed by atoms with Crippen LogP contribution in [0.1, 0.15) is 10.4 Å². The molecule has 0 aliphatic heterocycles. The Hall–Kier alpha value is -1.37. The predicted octanol–water partition coefficient (Wildman–Crippen LogP) is 2.64. The molecule has 0 radical (unpaired) electrons. The summed E-state index contributed by atoms with van der Waals surface area (Å²) in [5.74, 6) is -1.03. The van der Waals surface area contributed by atoms with Gasteiger partial charge in [-0.05, 0) is 0 Å². The van der Waals surface area contributed by atoms with Crippen molar-refractivity contribution < 1.29 is 14.4 Å². The van der Waals surface area contributed by atoms with Gasteiger partial charge in [0.25, 0.3) is 0 Å². The minimum Gasteiger partial charge on any atom is -0.477 e. The van der Waals surface area contributed by atoms with E-state index in [2.05, 4.69) is 5.16 Å². The summed E-state index contributed by atoms with van der Waals surface area (Å²) in [5, 5.41) is 12.7. The monoisotopic (exact) mass is 315 g/mol. The number of halogens is 1. The zero-order valence-electron chi connectivity index (χ0n) is 7.48. The van der Waals surface area contributed by atoms with Crippen LogP contribution in [0.15, 0.2) is 34.9 Å². The van der Waals surface area contributed by atoms with Crippen LogP contribution in [0.3, 0.4) is 0 Å². The van der Waals surface area contributed by atoms with Crippen molar-refractivity contribution in [3.05, 3.63) is 39.7 Å². The smallest absolute Gasteiger partial charge is 0.342 e. The van der Waals surface area contributed by atoms with Gasteiger partial charge >= 0.3 is 5.97 Å². The number of nitrogens with zero attached hydrogens (tertiary/aromatic N) is 1. The van der Waals surface area contributed by atoms with Crippen molar-refractivity contribution in [3.8, 4) is 11.3 Å². The molecule has 1 heterocycles. The van der Waals surface area contributed by atoms with Gasteiger partial charge < -0.3 is 9.63 Å². The van der Waals surface area contributed by atoms with Crippen molar-refractivity contribution in [1.82, 2.24) is 5.16 Å². The van der Waals surface area contributed by atoms with Crippen LogP contribution in [0.5, 0.6) is 0 Å². The van der Waals surface area contributed by atoms with E-state index in [0.717, 1.165) is 5.56 Å². The molecule has 0 fully saturated rings. The topological polar surface area (TPSA) is 63.3 Å². The van der Waals surface area contributed by atoms with Gasteiger partial charge in [-0.25, -0.2) is 4.79 Å². The molecule has 0 amide bonds. The number of hydrogen-bond donors (Lipinski definition) is 1. The summed E-state index contributed by atoms with van der Waals surface area (Å²) in [5.41, 5.74) is 1.22. The first-order chi connectivity index (χ1) is 7.20. The molecule has 0 aliphatic carbocycles. The molecule has 1 aromatic heterocycles. The molecular formula is C10H6INO3. The van der Waals surface area contributed by atoms with Gasteiger partial charge in [-0.2, -0.15) is 0 Å². The molecule has 0 spiro atoms. The first-order valence-corrected chi connectivity index (χ1v) is 5.22. The Morgan fingerprint density at radius 1 is 1.33 bits per heavy atom. The summed E-state index contributed by atoms with van der Waals surface area (Å²) in [6.07, 6.45) is 0. The van der Waals surface area contributed by atoms with E-state index < -0.39 is 5.97 Å². The Morgan fingerprint density at radius 2 is 2.00 bits per heavy atom. The summed E-state index contributed by atoms with van der Waals surface area (Å²) in [6, 6.07) is 9.08. The zero-order chi connectivity index (χ0) is 10.8. The Bertz CT molecular complexity index is 493. The number of benzene rings is 1. The second-order valence-corrected chi connectivity index (χ2v) is 3.83. The summed E-state index contributed by atoms with van der Waals surface area (Å²) in [6.45, 7) is 0. The highest BCUT2D eigenvalue weighted by atomic mass is 127. The minimum atomic E-state index is -1.03. The van der Waals surface area contributed by atoms with Crippen molar-refractivity contribution in [2.75, 3.05) is 0 Å². The third kappa shape index (κ3) is 1.87. The molecule has 0 atom stereocenters. The van der Waals surface area contributed by atoms with E-state index in [4.69, 9.17) is 9.63 Å². The Kier molecular flexibility index (Phi) is 2.72. The van der Waals surface area contributed by atoms with Crippen molar-refractivity contribution in [1.29, 1.82) is 0 Å². The van der Waals surface area contributed by atoms with E-state index in [1.807, 2.05) is 40.8 Å². The highest BCUT2D eigenvalue weighted by Crippen LogP contribution is 2.26. The van der Waals surface area contributed by atoms with Gasteiger partial charge in [-0.15, -0.1) is 0 Å². The minimum absolute atomic E-state index is 0.113. The van der Waals surface area contributed by atoms with E-state index in [1.54, 1.807) is 12.1 Å². The van der Waals surface area contributed by atoms with Crippen molar-refractivity contribution in [2.24, 2.45) is 0 Å². The molecule has 15 heavy (non-hydrogen) atoms. The lowest BCUT2D eigenvalue weighted by Crippen LogP contribution is -1.99. The standard InChI is InChI=1S/C10H6INO3/c11-9-7(10(13)14)8(12-15-9)6-4-2-1-3-5-6/h1-5H,(H,13,14). The van der Waals surface area contributed by atoms with Crippen molar-refractivity contribution in [2.45, 2.75) is 0 Å². The van der Waals surface area contributed by atoms with Crippen LogP contribution in [-0.4, -0.2) is 16.2 Å². The maximum absolute atomic E-state index is 11.0. The number of carboxylic acid groups (broad SMARTS) is 1. The lowest BCUT2D eigenvalue weighted by Gasteiger charge is -1.96. The lowest BCUT2D eigenvalue weighted by atomic mass is 10.1. The van der Waals surface area contributed by atoms with E-state index >= 15 is 0 Å². The number of rotatable bonds is 2. The molecule has 2 rings (SSSR count). The van der Waals surface area contributed by atoms with E-state index in [-0.39, 0.29) is 5.56 Å². The van der Waals surface area contributed by atoms with Crippen LogP contribution < -0.4 is 0 Å². The first kappa shape index (κ1) is 10.2. The summed E-state index contributed by atoms with van der Waals surface area (Å²) < 4.78 is 5.16. The number of carbonyl (C=O) groups is 1. The maximum atomic E-state index is 11.0. The quantitative estimate of drug-likeness (QED) is 0.866. The van der Waals surface area contributed by atoms with E-state index in [1.165, 1.54) is 0 Å². The second-order valence-electron chi connectivity index (χ2n) is 2.85. The molecule has 0 unspecified atom stereocenters. The molecule has 0 saturated heterocycles. The van der Waals surface area contributed by atoms with Gasteiger partial charge in [0.15, 0.2) is 0 Å². The largest absolute Gasteiger partial charge is 0.477 e. The Balaban J connectivity index is 2.59. The molecule has 0 saturated carbocycles. The fourth-order valence-corrected chi connectivity index (χ4v) is 1.83. The third-order valence-corrected chi connectivity index (χ3v) is 2.65. The van der Waals surface area contributed by atoms with Gasteiger partial charge in [0.2, 0.25) is 3.77 Å². The van der Waals surface area contributed by atoms with Gasteiger partial charge in [0.1, 0.15) is 11.3 Å². The van der Waals surface area contributed by atoms with Crippen LogP contribution in [-0.2, 0) is 0 Å². The summed E-state index contributed by atoms with van der Waals surface area (Å²) >= 11 is 1.81. The van der Waals surface area contributed by atoms with Crippen LogP contribution in [0, 0.1) is 3.77 Å². The van der Waals surface area contributed by atoms with E-state index in [9.17, 15) is 4.79 Å². The number of aromatic nitrogens is 1. The maximum Gasteiger partial charge on any atom is 0.342 e. The zero-order valence-corrected chi connectivity index (χ0v) is 9.63. The van der Waals surface area contributed by atoms with E-state index in [0.29, 0.717) is 9.46 Å². The molecule has 4 nitrogen and oxygen atoms in total. The average molecular weight is 315 g/mol. The highest BCUT2D eigenvalue weighted by Gasteiger charge is 2.21. The van der Waals surface area contributed by atoms with Crippen molar-refractivity contribution >= 4 is 28.6 Å². The molecule has 1 N–H and O–H groups in total. The highest BCUT2D eigenvalue weighted by molar-refractivity contribution is 14.1. The normalized spacial score (nSPS) is 10.2. The third-order valence-electron chi connectivity index (χ3n) is 1.91. The SMILES string of the molecule is O=C(O)c1c(-c2ccccc2)noc1I. The van der Waals surface area contributed by atoms with Crippen LogP contribution in [0.4, 0.5) is 0 Å². The van der Waals surface area contributed by atoms with Gasteiger partial charge in [-0.1, -0.05) is 35.5 Å². The van der Waals surface area contributed by atoms with Crippen LogP contribution >= 0.6 is 22.6 Å². The van der Waals surface area contributed by atoms with Gasteiger partial charge in [-0.3, -0.25) is 0 Å². The van der Waals surface area contributed by atoms with Crippen LogP contribution in [0.2, 0.25) is 0 Å². The Labute approximate surface area is 99.0 Å². The Morgan fingerprint density at radius 3 is 2.60 bits per heavy atom. The molecule has 0 aliphatic rings.